The molecular weight excluding hydrogens is 282 g/mol. The highest BCUT2D eigenvalue weighted by Gasteiger charge is 2.22. The van der Waals surface area contributed by atoms with Crippen LogP contribution in [0.5, 0.6) is 0 Å². The van der Waals surface area contributed by atoms with Crippen molar-refractivity contribution in [1.82, 2.24) is 20.1 Å². The van der Waals surface area contributed by atoms with Gasteiger partial charge in [0.05, 0.1) is 5.69 Å². The topological polar surface area (TPSA) is 79.6 Å². The number of hydrogen-bond acceptors (Lipinski definition) is 4. The first-order chi connectivity index (χ1) is 10.4. The molecule has 0 aromatic carbocycles. The van der Waals surface area contributed by atoms with E-state index < -0.39 is 0 Å². The van der Waals surface area contributed by atoms with Crippen LogP contribution in [0.4, 0.5) is 0 Å². The first-order valence-electron chi connectivity index (χ1n) is 7.50. The van der Waals surface area contributed by atoms with Crippen molar-refractivity contribution in [2.45, 2.75) is 40.2 Å². The molecule has 1 N–H and O–H groups in total. The van der Waals surface area contributed by atoms with Gasteiger partial charge in [0.25, 0.3) is 5.91 Å². The third-order valence-corrected chi connectivity index (χ3v) is 3.67. The SMILES string of the molecule is Cc1cc(C)n(C[C@H](C)CNC(=O)C2=NN(C)C(=O)CC2)n1. The average molecular weight is 305 g/mol. The van der Waals surface area contributed by atoms with Crippen molar-refractivity contribution in [1.29, 1.82) is 0 Å². The molecule has 0 aliphatic carbocycles. The predicted octanol–water partition coefficient (Wildman–Crippen LogP) is 0.860. The lowest BCUT2D eigenvalue weighted by Gasteiger charge is -2.20. The van der Waals surface area contributed by atoms with Crippen molar-refractivity contribution >= 4 is 17.5 Å². The average Bonchev–Trinajstić information content (AvgIpc) is 2.77. The summed E-state index contributed by atoms with van der Waals surface area (Å²) in [7, 11) is 1.57. The first-order valence-corrected chi connectivity index (χ1v) is 7.50. The van der Waals surface area contributed by atoms with Gasteiger partial charge in [-0.15, -0.1) is 0 Å². The maximum Gasteiger partial charge on any atom is 0.267 e. The van der Waals surface area contributed by atoms with Gasteiger partial charge >= 0.3 is 0 Å². The summed E-state index contributed by atoms with van der Waals surface area (Å²) in [6.45, 7) is 7.36. The van der Waals surface area contributed by atoms with Crippen molar-refractivity contribution in [3.05, 3.63) is 17.5 Å². The van der Waals surface area contributed by atoms with Gasteiger partial charge in [-0.1, -0.05) is 6.92 Å². The van der Waals surface area contributed by atoms with E-state index >= 15 is 0 Å². The maximum atomic E-state index is 12.1. The number of nitrogens with zero attached hydrogens (tertiary/aromatic N) is 4. The maximum absolute atomic E-state index is 12.1. The molecule has 1 aromatic heterocycles. The van der Waals surface area contributed by atoms with Gasteiger partial charge in [0.2, 0.25) is 5.91 Å². The summed E-state index contributed by atoms with van der Waals surface area (Å²) in [5.74, 6) is -0.000449. The smallest absolute Gasteiger partial charge is 0.267 e. The fraction of sp³-hybridized carbons (Fsp3) is 0.600. The quantitative estimate of drug-likeness (QED) is 0.876. The summed E-state index contributed by atoms with van der Waals surface area (Å²) in [6.07, 6.45) is 0.741. The Morgan fingerprint density at radius 3 is 2.73 bits per heavy atom. The lowest BCUT2D eigenvalue weighted by Crippen LogP contribution is -2.39. The summed E-state index contributed by atoms with van der Waals surface area (Å²) in [4.78, 5) is 23.4. The zero-order valence-corrected chi connectivity index (χ0v) is 13.6. The fourth-order valence-electron chi connectivity index (χ4n) is 2.42. The molecule has 7 heteroatoms. The van der Waals surface area contributed by atoms with Crippen molar-refractivity contribution < 1.29 is 9.59 Å². The lowest BCUT2D eigenvalue weighted by atomic mass is 10.1. The van der Waals surface area contributed by atoms with E-state index in [2.05, 4.69) is 22.4 Å². The van der Waals surface area contributed by atoms with E-state index in [0.29, 0.717) is 25.1 Å². The molecule has 0 unspecified atom stereocenters. The van der Waals surface area contributed by atoms with Crippen LogP contribution in [0.25, 0.3) is 0 Å². The molecule has 0 bridgehead atoms. The largest absolute Gasteiger partial charge is 0.351 e. The molecule has 1 aromatic rings. The molecule has 0 fully saturated rings. The molecule has 1 atom stereocenters. The minimum atomic E-state index is -0.195. The van der Waals surface area contributed by atoms with E-state index in [4.69, 9.17) is 0 Å². The van der Waals surface area contributed by atoms with E-state index in [1.807, 2.05) is 24.6 Å². The van der Waals surface area contributed by atoms with E-state index in [0.717, 1.165) is 17.9 Å². The molecule has 2 amide bonds. The van der Waals surface area contributed by atoms with E-state index in [1.165, 1.54) is 5.01 Å². The third kappa shape index (κ3) is 3.93. The number of rotatable bonds is 5. The zero-order chi connectivity index (χ0) is 16.3. The van der Waals surface area contributed by atoms with Crippen molar-refractivity contribution in [3.63, 3.8) is 0 Å². The van der Waals surface area contributed by atoms with Crippen molar-refractivity contribution in [3.8, 4) is 0 Å². The number of aromatic nitrogens is 2. The summed E-state index contributed by atoms with van der Waals surface area (Å²) in [5.41, 5.74) is 2.53. The zero-order valence-electron chi connectivity index (χ0n) is 13.6. The van der Waals surface area contributed by atoms with E-state index in [1.54, 1.807) is 7.05 Å². The fourth-order valence-corrected chi connectivity index (χ4v) is 2.42. The molecule has 120 valence electrons. The van der Waals surface area contributed by atoms with Gasteiger partial charge < -0.3 is 5.32 Å². The molecule has 1 aliphatic heterocycles. The normalized spacial score (nSPS) is 16.5. The molecule has 2 rings (SSSR count). The summed E-state index contributed by atoms with van der Waals surface area (Å²) in [6, 6.07) is 2.04. The van der Waals surface area contributed by atoms with Gasteiger partial charge in [-0.25, -0.2) is 5.01 Å². The van der Waals surface area contributed by atoms with Gasteiger partial charge in [-0.05, 0) is 25.8 Å². The summed E-state index contributed by atoms with van der Waals surface area (Å²) < 4.78 is 1.96. The van der Waals surface area contributed by atoms with Gasteiger partial charge in [0.15, 0.2) is 0 Å². The van der Waals surface area contributed by atoms with Gasteiger partial charge in [-0.2, -0.15) is 10.2 Å². The highest BCUT2D eigenvalue weighted by molar-refractivity contribution is 6.39. The van der Waals surface area contributed by atoms with Crippen LogP contribution < -0.4 is 5.32 Å². The Balaban J connectivity index is 1.84. The summed E-state index contributed by atoms with van der Waals surface area (Å²) in [5, 5.41) is 12.6. The van der Waals surface area contributed by atoms with Crippen molar-refractivity contribution in [2.75, 3.05) is 13.6 Å². The molecule has 0 saturated heterocycles. The molecule has 22 heavy (non-hydrogen) atoms. The molecule has 0 spiro atoms. The molecule has 0 radical (unpaired) electrons. The van der Waals surface area contributed by atoms with Gasteiger partial charge in [-0.3, -0.25) is 14.3 Å². The second-order valence-corrected chi connectivity index (χ2v) is 5.89. The van der Waals surface area contributed by atoms with Crippen LogP contribution in [-0.2, 0) is 16.1 Å². The van der Waals surface area contributed by atoms with Crippen LogP contribution >= 0.6 is 0 Å². The number of nitrogens with one attached hydrogen (secondary N) is 1. The van der Waals surface area contributed by atoms with Crippen LogP contribution in [0, 0.1) is 19.8 Å². The van der Waals surface area contributed by atoms with Crippen molar-refractivity contribution in [2.24, 2.45) is 11.0 Å². The number of amides is 2. The predicted molar refractivity (Wildman–Crippen MR) is 83.3 cm³/mol. The van der Waals surface area contributed by atoms with Crippen LogP contribution in [-0.4, -0.2) is 45.9 Å². The molecule has 7 nitrogen and oxygen atoms in total. The number of hydrazone groups is 1. The van der Waals surface area contributed by atoms with Gasteiger partial charge in [0.1, 0.15) is 5.71 Å². The van der Waals surface area contributed by atoms with E-state index in [-0.39, 0.29) is 17.7 Å². The van der Waals surface area contributed by atoms with E-state index in [9.17, 15) is 9.59 Å². The van der Waals surface area contributed by atoms with Crippen LogP contribution in [0.2, 0.25) is 0 Å². The minimum absolute atomic E-state index is 0.0607. The first kappa shape index (κ1) is 16.2. The number of hydrogen-bond donors (Lipinski definition) is 1. The monoisotopic (exact) mass is 305 g/mol. The Hall–Kier alpha value is -2.18. The second-order valence-electron chi connectivity index (χ2n) is 5.89. The highest BCUT2D eigenvalue weighted by atomic mass is 16.2. The Kier molecular flexibility index (Phi) is 4.95. The Morgan fingerprint density at radius 2 is 2.14 bits per heavy atom. The molecule has 2 heterocycles. The third-order valence-electron chi connectivity index (χ3n) is 3.67. The standard InChI is InChI=1S/C15H23N5O2/c1-10(9-20-12(3)7-11(2)17-20)8-16-15(22)13-5-6-14(21)19(4)18-13/h7,10H,5-6,8-9H2,1-4H3,(H,16,22)/t10-/m1/s1. The molecule has 1 aliphatic rings. The summed E-state index contributed by atoms with van der Waals surface area (Å²) >= 11 is 0. The Bertz CT molecular complexity index is 605. The number of carbonyl (C=O) groups excluding carboxylic acids is 2. The number of aryl methyl sites for hydroxylation is 2. The molecule has 0 saturated carbocycles. The van der Waals surface area contributed by atoms with Crippen LogP contribution in [0.1, 0.15) is 31.2 Å². The van der Waals surface area contributed by atoms with Crippen LogP contribution in [0.3, 0.4) is 0 Å². The van der Waals surface area contributed by atoms with Gasteiger partial charge in [0, 0.05) is 38.7 Å². The number of carbonyl (C=O) groups is 2. The Morgan fingerprint density at radius 1 is 1.41 bits per heavy atom. The second kappa shape index (κ2) is 6.72. The molecular formula is C15H23N5O2. The highest BCUT2D eigenvalue weighted by Crippen LogP contribution is 2.08. The minimum Gasteiger partial charge on any atom is -0.351 e. The Labute approximate surface area is 130 Å². The lowest BCUT2D eigenvalue weighted by molar-refractivity contribution is -0.130. The van der Waals surface area contributed by atoms with Crippen LogP contribution in [0.15, 0.2) is 11.2 Å².